The largest absolute Gasteiger partial charge is 0.409 e. The minimum absolute atomic E-state index is 0.0275. The number of nitrogens with one attached hydrogen (secondary N) is 1. The molecule has 0 aromatic heterocycles. The molecule has 1 aliphatic rings. The van der Waals surface area contributed by atoms with Crippen molar-refractivity contribution in [1.82, 2.24) is 0 Å². The Morgan fingerprint density at radius 2 is 2.37 bits per heavy atom. The molecule has 0 spiro atoms. The van der Waals surface area contributed by atoms with Crippen LogP contribution in [0.15, 0.2) is 27.8 Å². The van der Waals surface area contributed by atoms with Gasteiger partial charge in [0, 0.05) is 10.0 Å². The molecule has 102 valence electrons. The molecule has 1 unspecified atom stereocenters. The Labute approximate surface area is 123 Å². The smallest absolute Gasteiger partial charge is 0.237 e. The van der Waals surface area contributed by atoms with Crippen LogP contribution in [0.25, 0.3) is 0 Å². The van der Waals surface area contributed by atoms with E-state index in [4.69, 9.17) is 10.9 Å². The molecule has 0 bridgehead atoms. The molecule has 7 heteroatoms. The molecule has 0 aliphatic carbocycles. The van der Waals surface area contributed by atoms with Crippen LogP contribution in [0, 0.1) is 0 Å². The Morgan fingerprint density at radius 1 is 1.58 bits per heavy atom. The molecular formula is C12H14BrN3O2S. The number of nitrogens with two attached hydrogens (primary N) is 1. The number of carbonyl (C=O) groups is 1. The number of thioether (sulfide) groups is 1. The number of rotatable bonds is 3. The monoisotopic (exact) mass is 343 g/mol. The van der Waals surface area contributed by atoms with Crippen LogP contribution in [-0.2, 0) is 4.79 Å². The standard InChI is InChI=1S/C12H14BrN3O2S/c13-8-6-7(11(14)16-18)3-4-9(8)15-12(17)10-2-1-5-19-10/h3-4,6,10,18H,1-2,5H2,(H2,14,16)(H,15,17). The molecule has 1 fully saturated rings. The summed E-state index contributed by atoms with van der Waals surface area (Å²) in [5.74, 6) is 1.10. The molecule has 19 heavy (non-hydrogen) atoms. The maximum atomic E-state index is 12.0. The summed E-state index contributed by atoms with van der Waals surface area (Å²) in [6.45, 7) is 0. The summed E-state index contributed by atoms with van der Waals surface area (Å²) >= 11 is 5.06. The van der Waals surface area contributed by atoms with Gasteiger partial charge in [0.25, 0.3) is 0 Å². The van der Waals surface area contributed by atoms with Gasteiger partial charge >= 0.3 is 0 Å². The zero-order valence-corrected chi connectivity index (χ0v) is 12.5. The lowest BCUT2D eigenvalue weighted by atomic mass is 10.2. The summed E-state index contributed by atoms with van der Waals surface area (Å²) in [6, 6.07) is 5.12. The summed E-state index contributed by atoms with van der Waals surface area (Å²) in [6.07, 6.45) is 2.02. The first-order chi connectivity index (χ1) is 9.11. The first-order valence-corrected chi connectivity index (χ1v) is 7.66. The highest BCUT2D eigenvalue weighted by molar-refractivity contribution is 9.10. The third-order valence-electron chi connectivity index (χ3n) is 2.85. The van der Waals surface area contributed by atoms with Gasteiger partial charge in [-0.3, -0.25) is 4.79 Å². The van der Waals surface area contributed by atoms with Crippen LogP contribution in [0.5, 0.6) is 0 Å². The third kappa shape index (κ3) is 3.42. The summed E-state index contributed by atoms with van der Waals surface area (Å²) in [5, 5.41) is 14.5. The number of nitrogens with zero attached hydrogens (tertiary/aromatic N) is 1. The van der Waals surface area contributed by atoms with Crippen LogP contribution < -0.4 is 11.1 Å². The van der Waals surface area contributed by atoms with Crippen molar-refractivity contribution in [3.05, 3.63) is 28.2 Å². The SMILES string of the molecule is N/C(=N/O)c1ccc(NC(=O)C2CCCS2)c(Br)c1. The van der Waals surface area contributed by atoms with Crippen molar-refractivity contribution >= 4 is 45.1 Å². The van der Waals surface area contributed by atoms with Crippen LogP contribution in [0.2, 0.25) is 0 Å². The van der Waals surface area contributed by atoms with Gasteiger partial charge in [0.15, 0.2) is 5.84 Å². The van der Waals surface area contributed by atoms with E-state index in [1.807, 2.05) is 0 Å². The Bertz CT molecular complexity index is 516. The lowest BCUT2D eigenvalue weighted by molar-refractivity contribution is -0.115. The van der Waals surface area contributed by atoms with Gasteiger partial charge < -0.3 is 16.3 Å². The van der Waals surface area contributed by atoms with E-state index in [0.29, 0.717) is 15.7 Å². The van der Waals surface area contributed by atoms with Crippen molar-refractivity contribution in [3.63, 3.8) is 0 Å². The molecule has 4 N–H and O–H groups in total. The zero-order chi connectivity index (χ0) is 13.8. The second kappa shape index (κ2) is 6.29. The van der Waals surface area contributed by atoms with Gasteiger partial charge in [-0.1, -0.05) is 5.16 Å². The van der Waals surface area contributed by atoms with Crippen LogP contribution in [0.3, 0.4) is 0 Å². The second-order valence-electron chi connectivity index (χ2n) is 4.17. The van der Waals surface area contributed by atoms with Crippen LogP contribution >= 0.6 is 27.7 Å². The highest BCUT2D eigenvalue weighted by atomic mass is 79.9. The second-order valence-corrected chi connectivity index (χ2v) is 6.34. The molecule has 1 aliphatic heterocycles. The number of carbonyl (C=O) groups excluding carboxylic acids is 1. The number of hydrogen-bond acceptors (Lipinski definition) is 4. The number of anilines is 1. The number of halogens is 1. The Balaban J connectivity index is 2.10. The van der Waals surface area contributed by atoms with E-state index in [1.165, 1.54) is 0 Å². The van der Waals surface area contributed by atoms with Crippen LogP contribution in [0.1, 0.15) is 18.4 Å². The average Bonchev–Trinajstić information content (AvgIpc) is 2.94. The predicted octanol–water partition coefficient (Wildman–Crippen LogP) is 2.38. The molecule has 1 amide bonds. The van der Waals surface area contributed by atoms with E-state index in [9.17, 15) is 4.79 Å². The number of benzene rings is 1. The van der Waals surface area contributed by atoms with E-state index in [1.54, 1.807) is 30.0 Å². The number of oxime groups is 1. The van der Waals surface area contributed by atoms with Gasteiger partial charge in [-0.15, -0.1) is 11.8 Å². The number of amides is 1. The molecule has 1 aromatic rings. The number of hydrogen-bond donors (Lipinski definition) is 3. The topological polar surface area (TPSA) is 87.7 Å². The zero-order valence-electron chi connectivity index (χ0n) is 10.1. The molecule has 1 aromatic carbocycles. The van der Waals surface area contributed by atoms with Gasteiger partial charge in [-0.25, -0.2) is 0 Å². The third-order valence-corrected chi connectivity index (χ3v) is 4.89. The fourth-order valence-electron chi connectivity index (χ4n) is 1.83. The minimum atomic E-state index is 0.0275. The lowest BCUT2D eigenvalue weighted by Crippen LogP contribution is -2.23. The van der Waals surface area contributed by atoms with Crippen LogP contribution in [-0.4, -0.2) is 28.0 Å². The first kappa shape index (κ1) is 14.2. The summed E-state index contributed by atoms with van der Waals surface area (Å²) in [7, 11) is 0. The molecule has 1 atom stereocenters. The van der Waals surface area contributed by atoms with E-state index in [2.05, 4.69) is 26.4 Å². The fourth-order valence-corrected chi connectivity index (χ4v) is 3.47. The molecule has 1 heterocycles. The molecular weight excluding hydrogens is 330 g/mol. The number of amidine groups is 1. The van der Waals surface area contributed by atoms with Crippen molar-refractivity contribution in [3.8, 4) is 0 Å². The maximum Gasteiger partial charge on any atom is 0.237 e. The Hall–Kier alpha value is -1.21. The van der Waals surface area contributed by atoms with Crippen molar-refractivity contribution in [1.29, 1.82) is 0 Å². The highest BCUT2D eigenvalue weighted by Gasteiger charge is 2.23. The predicted molar refractivity (Wildman–Crippen MR) is 80.8 cm³/mol. The quantitative estimate of drug-likeness (QED) is 0.340. The van der Waals surface area contributed by atoms with Gasteiger partial charge in [0.1, 0.15) is 0 Å². The normalized spacial score (nSPS) is 19.4. The summed E-state index contributed by atoms with van der Waals surface area (Å²) < 4.78 is 0.702. The van der Waals surface area contributed by atoms with Gasteiger partial charge in [0.05, 0.1) is 10.9 Å². The van der Waals surface area contributed by atoms with E-state index < -0.39 is 0 Å². The van der Waals surface area contributed by atoms with Crippen LogP contribution in [0.4, 0.5) is 5.69 Å². The fraction of sp³-hybridized carbons (Fsp3) is 0.333. The van der Waals surface area contributed by atoms with Gasteiger partial charge in [-0.2, -0.15) is 0 Å². The van der Waals surface area contributed by atoms with Crippen molar-refractivity contribution in [2.45, 2.75) is 18.1 Å². The van der Waals surface area contributed by atoms with Gasteiger partial charge in [0.2, 0.25) is 5.91 Å². The molecule has 1 saturated heterocycles. The first-order valence-electron chi connectivity index (χ1n) is 5.81. The molecule has 0 saturated carbocycles. The van der Waals surface area contributed by atoms with E-state index >= 15 is 0 Å². The maximum absolute atomic E-state index is 12.0. The highest BCUT2D eigenvalue weighted by Crippen LogP contribution is 2.29. The van der Waals surface area contributed by atoms with E-state index in [-0.39, 0.29) is 17.0 Å². The summed E-state index contributed by atoms with van der Waals surface area (Å²) in [4.78, 5) is 12.0. The Morgan fingerprint density at radius 3 is 2.95 bits per heavy atom. The summed E-state index contributed by atoms with van der Waals surface area (Å²) in [5.41, 5.74) is 6.78. The lowest BCUT2D eigenvalue weighted by Gasteiger charge is -2.12. The minimum Gasteiger partial charge on any atom is -0.409 e. The van der Waals surface area contributed by atoms with E-state index in [0.717, 1.165) is 18.6 Å². The molecule has 0 radical (unpaired) electrons. The van der Waals surface area contributed by atoms with Crippen molar-refractivity contribution in [2.24, 2.45) is 10.9 Å². The molecule has 2 rings (SSSR count). The van der Waals surface area contributed by atoms with Crippen molar-refractivity contribution in [2.75, 3.05) is 11.1 Å². The average molecular weight is 344 g/mol. The Kier molecular flexibility index (Phi) is 4.71. The molecule has 5 nitrogen and oxygen atoms in total. The van der Waals surface area contributed by atoms with Gasteiger partial charge in [-0.05, 0) is 52.7 Å². The van der Waals surface area contributed by atoms with Crippen molar-refractivity contribution < 1.29 is 10.0 Å².